The van der Waals surface area contributed by atoms with Crippen LogP contribution in [0.1, 0.15) is 13.8 Å². The number of carbonyl (C=O) groups is 1. The molecule has 3 rings (SSSR count). The molecule has 0 aliphatic rings. The van der Waals surface area contributed by atoms with Gasteiger partial charge in [-0.25, -0.2) is 13.8 Å². The van der Waals surface area contributed by atoms with E-state index in [0.717, 1.165) is 10.6 Å². The van der Waals surface area contributed by atoms with E-state index in [1.165, 1.54) is 22.8 Å². The second-order valence-corrected chi connectivity index (χ2v) is 6.23. The molecule has 0 saturated carbocycles. The fourth-order valence-electron chi connectivity index (χ4n) is 2.83. The lowest BCUT2D eigenvalue weighted by Gasteiger charge is -2.15. The molecule has 0 saturated heterocycles. The van der Waals surface area contributed by atoms with E-state index in [4.69, 9.17) is 0 Å². The highest BCUT2D eigenvalue weighted by Gasteiger charge is 2.16. The maximum atomic E-state index is 13.6. The van der Waals surface area contributed by atoms with Gasteiger partial charge in [0.2, 0.25) is 5.91 Å². The Labute approximate surface area is 148 Å². The monoisotopic (exact) mass is 355 g/mol. The maximum Gasteiger partial charge on any atom is 0.336 e. The van der Waals surface area contributed by atoms with Gasteiger partial charge in [0.25, 0.3) is 5.56 Å². The van der Waals surface area contributed by atoms with E-state index in [0.29, 0.717) is 5.52 Å². The Morgan fingerprint density at radius 1 is 1.12 bits per heavy atom. The molecule has 26 heavy (non-hydrogen) atoms. The Bertz CT molecular complexity index is 1100. The van der Waals surface area contributed by atoms with Gasteiger partial charge in [-0.05, 0) is 44.2 Å². The average molecular weight is 355 g/mol. The number of halogens is 1. The number of amides is 1. The number of nitrogens with zero attached hydrogens (tertiary/aromatic N) is 2. The summed E-state index contributed by atoms with van der Waals surface area (Å²) >= 11 is 0. The molecule has 0 atom stereocenters. The first-order chi connectivity index (χ1) is 12.4. The predicted molar refractivity (Wildman–Crippen MR) is 97.0 cm³/mol. The topological polar surface area (TPSA) is 73.1 Å². The first kappa shape index (κ1) is 17.6. The van der Waals surface area contributed by atoms with Gasteiger partial charge in [-0.1, -0.05) is 18.2 Å². The molecule has 6 nitrogen and oxygen atoms in total. The number of benzene rings is 2. The Kier molecular flexibility index (Phi) is 4.71. The van der Waals surface area contributed by atoms with Crippen molar-refractivity contribution in [3.05, 3.63) is 75.2 Å². The summed E-state index contributed by atoms with van der Waals surface area (Å²) in [4.78, 5) is 38.0. The molecule has 1 amide bonds. The van der Waals surface area contributed by atoms with E-state index >= 15 is 0 Å². The predicted octanol–water partition coefficient (Wildman–Crippen LogP) is 1.82. The van der Waals surface area contributed by atoms with Crippen LogP contribution in [-0.4, -0.2) is 21.1 Å². The minimum absolute atomic E-state index is 0.0846. The smallest absolute Gasteiger partial charge is 0.336 e. The van der Waals surface area contributed by atoms with Crippen LogP contribution in [0, 0.1) is 5.82 Å². The summed E-state index contributed by atoms with van der Waals surface area (Å²) in [6.45, 7) is 3.38. The molecule has 0 bridgehead atoms. The highest BCUT2D eigenvalue weighted by Crippen LogP contribution is 2.11. The number of nitrogens with one attached hydrogen (secondary N) is 1. The van der Waals surface area contributed by atoms with Crippen LogP contribution in [0.5, 0.6) is 0 Å². The third kappa shape index (κ3) is 3.28. The quantitative estimate of drug-likeness (QED) is 0.776. The number of hydrogen-bond acceptors (Lipinski definition) is 3. The summed E-state index contributed by atoms with van der Waals surface area (Å²) in [5.41, 5.74) is -0.784. The summed E-state index contributed by atoms with van der Waals surface area (Å²) in [5, 5.41) is 2.99. The van der Waals surface area contributed by atoms with Gasteiger partial charge in [-0.15, -0.1) is 0 Å². The number of para-hydroxylation sites is 1. The molecule has 7 heteroatoms. The van der Waals surface area contributed by atoms with Gasteiger partial charge < -0.3 is 5.32 Å². The van der Waals surface area contributed by atoms with Crippen LogP contribution in [0.3, 0.4) is 0 Å². The molecule has 2 aromatic carbocycles. The molecule has 0 aliphatic heterocycles. The standard InChI is InChI=1S/C19H18FN3O3/c1-12(2)21-17(24)11-22-16-9-4-3-8-15(16)18(25)23(19(22)26)14-7-5-6-13(20)10-14/h3-10,12H,11H2,1-2H3,(H,21,24). The molecule has 1 aromatic heterocycles. The molecule has 0 aliphatic carbocycles. The van der Waals surface area contributed by atoms with Gasteiger partial charge >= 0.3 is 5.69 Å². The SMILES string of the molecule is CC(C)NC(=O)Cn1c(=O)n(-c2cccc(F)c2)c(=O)c2ccccc21. The van der Waals surface area contributed by atoms with Crippen molar-refractivity contribution in [2.75, 3.05) is 0 Å². The van der Waals surface area contributed by atoms with Gasteiger partial charge in [0, 0.05) is 6.04 Å². The van der Waals surface area contributed by atoms with Crippen LogP contribution in [0.4, 0.5) is 4.39 Å². The molecular weight excluding hydrogens is 337 g/mol. The zero-order valence-corrected chi connectivity index (χ0v) is 14.4. The van der Waals surface area contributed by atoms with Crippen molar-refractivity contribution in [2.24, 2.45) is 0 Å². The van der Waals surface area contributed by atoms with Crippen molar-refractivity contribution in [3.8, 4) is 5.69 Å². The lowest BCUT2D eigenvalue weighted by molar-refractivity contribution is -0.122. The number of aromatic nitrogens is 2. The molecule has 0 radical (unpaired) electrons. The zero-order valence-electron chi connectivity index (χ0n) is 14.4. The summed E-state index contributed by atoms with van der Waals surface area (Å²) < 4.78 is 15.7. The number of carbonyl (C=O) groups excluding carboxylic acids is 1. The summed E-state index contributed by atoms with van der Waals surface area (Å²) in [6, 6.07) is 11.7. The summed E-state index contributed by atoms with van der Waals surface area (Å²) in [7, 11) is 0. The molecule has 0 spiro atoms. The van der Waals surface area contributed by atoms with Crippen molar-refractivity contribution in [1.82, 2.24) is 14.5 Å². The second kappa shape index (κ2) is 6.95. The lowest BCUT2D eigenvalue weighted by Crippen LogP contribution is -2.42. The Morgan fingerprint density at radius 2 is 1.85 bits per heavy atom. The van der Waals surface area contributed by atoms with Crippen LogP contribution in [0.25, 0.3) is 16.6 Å². The Hall–Kier alpha value is -3.22. The van der Waals surface area contributed by atoms with E-state index in [1.807, 2.05) is 13.8 Å². The van der Waals surface area contributed by atoms with E-state index in [-0.39, 0.29) is 29.6 Å². The fourth-order valence-corrected chi connectivity index (χ4v) is 2.83. The summed E-state index contributed by atoms with van der Waals surface area (Å²) in [5.74, 6) is -0.914. The zero-order chi connectivity index (χ0) is 18.8. The average Bonchev–Trinajstić information content (AvgIpc) is 2.58. The molecule has 0 fully saturated rings. The molecule has 0 unspecified atom stereocenters. The Balaban J connectivity index is 2.29. The minimum atomic E-state index is -0.696. The van der Waals surface area contributed by atoms with Crippen LogP contribution >= 0.6 is 0 Å². The van der Waals surface area contributed by atoms with Gasteiger partial charge in [0.05, 0.1) is 16.6 Å². The number of hydrogen-bond donors (Lipinski definition) is 1. The van der Waals surface area contributed by atoms with Crippen LogP contribution in [-0.2, 0) is 11.3 Å². The first-order valence-electron chi connectivity index (χ1n) is 8.18. The van der Waals surface area contributed by atoms with Crippen molar-refractivity contribution < 1.29 is 9.18 Å². The van der Waals surface area contributed by atoms with Crippen LogP contribution < -0.4 is 16.6 Å². The Morgan fingerprint density at radius 3 is 2.54 bits per heavy atom. The van der Waals surface area contributed by atoms with Crippen molar-refractivity contribution in [1.29, 1.82) is 0 Å². The van der Waals surface area contributed by atoms with Crippen molar-refractivity contribution in [3.63, 3.8) is 0 Å². The first-order valence-corrected chi connectivity index (χ1v) is 8.18. The van der Waals surface area contributed by atoms with Gasteiger partial charge in [0.1, 0.15) is 12.4 Å². The largest absolute Gasteiger partial charge is 0.352 e. The van der Waals surface area contributed by atoms with E-state index < -0.39 is 17.1 Å². The minimum Gasteiger partial charge on any atom is -0.352 e. The third-order valence-corrected chi connectivity index (χ3v) is 3.87. The van der Waals surface area contributed by atoms with E-state index in [9.17, 15) is 18.8 Å². The second-order valence-electron chi connectivity index (χ2n) is 6.23. The molecule has 134 valence electrons. The van der Waals surface area contributed by atoms with Crippen molar-refractivity contribution in [2.45, 2.75) is 26.4 Å². The maximum absolute atomic E-state index is 13.6. The van der Waals surface area contributed by atoms with E-state index in [1.54, 1.807) is 24.3 Å². The van der Waals surface area contributed by atoms with Crippen LogP contribution in [0.2, 0.25) is 0 Å². The third-order valence-electron chi connectivity index (χ3n) is 3.87. The fraction of sp³-hybridized carbons (Fsp3) is 0.211. The highest BCUT2D eigenvalue weighted by molar-refractivity contribution is 5.82. The molecule has 1 heterocycles. The van der Waals surface area contributed by atoms with E-state index in [2.05, 4.69) is 5.32 Å². The number of rotatable bonds is 4. The normalized spacial score (nSPS) is 11.1. The van der Waals surface area contributed by atoms with Gasteiger partial charge in [0.15, 0.2) is 0 Å². The highest BCUT2D eigenvalue weighted by atomic mass is 19.1. The molecule has 3 aromatic rings. The summed E-state index contributed by atoms with van der Waals surface area (Å²) in [6.07, 6.45) is 0. The number of fused-ring (bicyclic) bond motifs is 1. The van der Waals surface area contributed by atoms with Crippen LogP contribution in [0.15, 0.2) is 58.1 Å². The van der Waals surface area contributed by atoms with Gasteiger partial charge in [-0.2, -0.15) is 0 Å². The molecule has 1 N–H and O–H groups in total. The van der Waals surface area contributed by atoms with Gasteiger partial charge in [-0.3, -0.25) is 14.2 Å². The lowest BCUT2D eigenvalue weighted by atomic mass is 10.2. The molecular formula is C19H18FN3O3. The van der Waals surface area contributed by atoms with Crippen molar-refractivity contribution >= 4 is 16.8 Å².